The number of nitrogens with one attached hydrogen (secondary N) is 1. The second-order valence-corrected chi connectivity index (χ2v) is 4.56. The van der Waals surface area contributed by atoms with Gasteiger partial charge in [0, 0.05) is 17.7 Å². The van der Waals surface area contributed by atoms with Gasteiger partial charge in [-0.25, -0.2) is 4.79 Å². The van der Waals surface area contributed by atoms with Gasteiger partial charge in [0.2, 0.25) is 0 Å². The molecule has 0 amide bonds. The zero-order valence-electron chi connectivity index (χ0n) is 10.3. The fourth-order valence-corrected chi connectivity index (χ4v) is 2.20. The predicted molar refractivity (Wildman–Crippen MR) is 63.6 cm³/mol. The smallest absolute Gasteiger partial charge is 0.330 e. The lowest BCUT2D eigenvalue weighted by atomic mass is 9.99. The van der Waals surface area contributed by atoms with Gasteiger partial charge in [-0.1, -0.05) is 0 Å². The number of hydrogen-bond acceptors (Lipinski definition) is 6. The van der Waals surface area contributed by atoms with Crippen molar-refractivity contribution in [3.05, 3.63) is 32.6 Å². The van der Waals surface area contributed by atoms with Crippen molar-refractivity contribution in [3.63, 3.8) is 0 Å². The Morgan fingerprint density at radius 2 is 2.05 bits per heavy atom. The van der Waals surface area contributed by atoms with Crippen molar-refractivity contribution < 1.29 is 20.1 Å². The number of ether oxygens (including phenoxy) is 1. The highest BCUT2D eigenvalue weighted by Crippen LogP contribution is 2.32. The van der Waals surface area contributed by atoms with Crippen molar-refractivity contribution in [3.8, 4) is 0 Å². The van der Waals surface area contributed by atoms with Gasteiger partial charge < -0.3 is 20.1 Å². The van der Waals surface area contributed by atoms with Crippen molar-refractivity contribution in [1.29, 1.82) is 0 Å². The summed E-state index contributed by atoms with van der Waals surface area (Å²) in [7, 11) is 0. The van der Waals surface area contributed by atoms with Gasteiger partial charge >= 0.3 is 5.69 Å². The van der Waals surface area contributed by atoms with Gasteiger partial charge in [-0.15, -0.1) is 0 Å². The highest BCUT2D eigenvalue weighted by atomic mass is 16.5. The Hall–Kier alpha value is -1.48. The molecule has 8 nitrogen and oxygen atoms in total. The van der Waals surface area contributed by atoms with Gasteiger partial charge in [-0.3, -0.25) is 14.3 Å². The normalized spacial score (nSPS) is 30.7. The van der Waals surface area contributed by atoms with Crippen molar-refractivity contribution in [2.24, 2.45) is 5.92 Å². The van der Waals surface area contributed by atoms with Crippen molar-refractivity contribution in [2.75, 3.05) is 13.2 Å². The summed E-state index contributed by atoms with van der Waals surface area (Å²) in [4.78, 5) is 25.1. The van der Waals surface area contributed by atoms with Gasteiger partial charge in [-0.05, 0) is 6.92 Å². The summed E-state index contributed by atoms with van der Waals surface area (Å²) in [5.41, 5.74) is -0.926. The molecule has 0 saturated carbocycles. The highest BCUT2D eigenvalue weighted by molar-refractivity contribution is 5.03. The average Bonchev–Trinajstić information content (AvgIpc) is 2.70. The Morgan fingerprint density at radius 1 is 1.37 bits per heavy atom. The molecule has 8 heteroatoms. The van der Waals surface area contributed by atoms with Crippen LogP contribution in [-0.4, -0.2) is 50.3 Å². The standard InChI is InChI=1S/C11H16N2O6/c1-5-2-13(11(18)12-9(5)17)10-8(16)6(3-14)7(4-15)19-10/h2,6-8,10,14-16H,3-4H2,1H3,(H,12,17,18)/t6-,7-,8+,10-/m1/s1. The first-order valence-corrected chi connectivity index (χ1v) is 5.87. The largest absolute Gasteiger partial charge is 0.396 e. The van der Waals surface area contributed by atoms with Gasteiger partial charge in [0.05, 0.1) is 19.3 Å². The molecule has 0 bridgehead atoms. The van der Waals surface area contributed by atoms with E-state index in [9.17, 15) is 19.8 Å². The van der Waals surface area contributed by atoms with Gasteiger partial charge in [-0.2, -0.15) is 0 Å². The Labute approximate surface area is 107 Å². The molecule has 106 valence electrons. The molecule has 1 aliphatic heterocycles. The Balaban J connectivity index is 2.41. The lowest BCUT2D eigenvalue weighted by Crippen LogP contribution is -2.37. The zero-order chi connectivity index (χ0) is 14.2. The second-order valence-electron chi connectivity index (χ2n) is 4.56. The van der Waals surface area contributed by atoms with Crippen LogP contribution in [0.4, 0.5) is 0 Å². The second kappa shape index (κ2) is 5.25. The van der Waals surface area contributed by atoms with Crippen LogP contribution >= 0.6 is 0 Å². The molecule has 19 heavy (non-hydrogen) atoms. The Bertz CT molecular complexity index is 565. The third-order valence-corrected chi connectivity index (χ3v) is 3.33. The molecule has 0 radical (unpaired) electrons. The number of aromatic nitrogens is 2. The third-order valence-electron chi connectivity index (χ3n) is 3.33. The fraction of sp³-hybridized carbons (Fsp3) is 0.636. The van der Waals surface area contributed by atoms with E-state index in [4.69, 9.17) is 9.84 Å². The summed E-state index contributed by atoms with van der Waals surface area (Å²) >= 11 is 0. The van der Waals surface area contributed by atoms with Crippen LogP contribution in [0.2, 0.25) is 0 Å². The number of H-pyrrole nitrogens is 1. The van der Waals surface area contributed by atoms with Gasteiger partial charge in [0.15, 0.2) is 6.23 Å². The maximum atomic E-state index is 11.7. The molecule has 1 fully saturated rings. The monoisotopic (exact) mass is 272 g/mol. The molecule has 4 N–H and O–H groups in total. The van der Waals surface area contributed by atoms with Crippen LogP contribution in [0.3, 0.4) is 0 Å². The summed E-state index contributed by atoms with van der Waals surface area (Å²) in [6, 6.07) is 0. The Morgan fingerprint density at radius 3 is 2.58 bits per heavy atom. The third kappa shape index (κ3) is 2.35. The summed E-state index contributed by atoms with van der Waals surface area (Å²) in [6.45, 7) is 0.763. The highest BCUT2D eigenvalue weighted by Gasteiger charge is 2.44. The molecular formula is C11H16N2O6. The molecule has 2 rings (SSSR count). The van der Waals surface area contributed by atoms with Crippen molar-refractivity contribution in [1.82, 2.24) is 9.55 Å². The number of rotatable bonds is 3. The van der Waals surface area contributed by atoms with Gasteiger partial charge in [0.1, 0.15) is 6.10 Å². The van der Waals surface area contributed by atoms with Crippen molar-refractivity contribution >= 4 is 0 Å². The summed E-state index contributed by atoms with van der Waals surface area (Å²) in [6.07, 6.45) is -1.67. The maximum Gasteiger partial charge on any atom is 0.330 e. The van der Waals surface area contributed by atoms with E-state index in [1.165, 1.54) is 13.1 Å². The number of aryl methyl sites for hydroxylation is 1. The van der Waals surface area contributed by atoms with E-state index < -0.39 is 35.6 Å². The fourth-order valence-electron chi connectivity index (χ4n) is 2.20. The number of aliphatic hydroxyl groups excluding tert-OH is 3. The molecule has 0 aromatic carbocycles. The minimum atomic E-state index is -1.15. The molecule has 1 saturated heterocycles. The first-order chi connectivity index (χ1) is 8.99. The molecule has 2 heterocycles. The molecule has 0 spiro atoms. The predicted octanol–water partition coefficient (Wildman–Crippen LogP) is -2.30. The molecule has 0 aliphatic carbocycles. The van der Waals surface area contributed by atoms with Crippen LogP contribution in [0.5, 0.6) is 0 Å². The average molecular weight is 272 g/mol. The van der Waals surface area contributed by atoms with E-state index in [1.54, 1.807) is 0 Å². The maximum absolute atomic E-state index is 11.7. The number of hydrogen-bond donors (Lipinski definition) is 4. The van der Waals surface area contributed by atoms with Crippen LogP contribution in [-0.2, 0) is 4.74 Å². The van der Waals surface area contributed by atoms with E-state index in [0.717, 1.165) is 4.57 Å². The van der Waals surface area contributed by atoms with E-state index in [1.807, 2.05) is 0 Å². The van der Waals surface area contributed by atoms with Crippen molar-refractivity contribution in [2.45, 2.75) is 25.4 Å². The van der Waals surface area contributed by atoms with E-state index >= 15 is 0 Å². The lowest BCUT2D eigenvalue weighted by Gasteiger charge is -2.18. The topological polar surface area (TPSA) is 125 Å². The number of nitrogens with zero attached hydrogens (tertiary/aromatic N) is 1. The molecule has 1 aromatic heterocycles. The van der Waals surface area contributed by atoms with Crippen LogP contribution in [0, 0.1) is 12.8 Å². The van der Waals surface area contributed by atoms with E-state index in [-0.39, 0.29) is 13.2 Å². The summed E-state index contributed by atoms with van der Waals surface area (Å²) in [5, 5.41) is 28.3. The lowest BCUT2D eigenvalue weighted by molar-refractivity contribution is -0.0539. The van der Waals surface area contributed by atoms with E-state index in [2.05, 4.69) is 4.98 Å². The SMILES string of the molecule is Cc1cn([C@@H]2O[C@H](CO)[C@@H](CO)[C@@H]2O)c(=O)[nH]c1=O. The molecule has 1 aromatic rings. The minimum Gasteiger partial charge on any atom is -0.396 e. The van der Waals surface area contributed by atoms with E-state index in [0.29, 0.717) is 5.56 Å². The molecular weight excluding hydrogens is 256 g/mol. The molecule has 4 atom stereocenters. The number of aliphatic hydroxyl groups is 3. The molecule has 1 aliphatic rings. The summed E-state index contributed by atoms with van der Waals surface area (Å²) in [5.74, 6) is -0.686. The van der Waals surface area contributed by atoms with Gasteiger partial charge in [0.25, 0.3) is 5.56 Å². The first-order valence-electron chi connectivity index (χ1n) is 5.87. The first kappa shape index (κ1) is 13.9. The van der Waals surface area contributed by atoms with Crippen LogP contribution in [0.1, 0.15) is 11.8 Å². The van der Waals surface area contributed by atoms with Crippen LogP contribution in [0.15, 0.2) is 15.8 Å². The quantitative estimate of drug-likeness (QED) is 0.490. The molecule has 0 unspecified atom stereocenters. The number of aromatic amines is 1. The van der Waals surface area contributed by atoms with Crippen LogP contribution < -0.4 is 11.2 Å². The van der Waals surface area contributed by atoms with Crippen LogP contribution in [0.25, 0.3) is 0 Å². The minimum absolute atomic E-state index is 0.295. The zero-order valence-corrected chi connectivity index (χ0v) is 10.3. The Kier molecular flexibility index (Phi) is 3.85. The summed E-state index contributed by atoms with van der Waals surface area (Å²) < 4.78 is 6.42.